The number of piperazine rings is 1. The predicted molar refractivity (Wildman–Crippen MR) is 79.1 cm³/mol. The fraction of sp³-hybridized carbons (Fsp3) is 0.941. The molecule has 4 bridgehead atoms. The summed E-state index contributed by atoms with van der Waals surface area (Å²) in [6.45, 7) is 4.23. The van der Waals surface area contributed by atoms with Crippen molar-refractivity contribution in [3.05, 3.63) is 0 Å². The molecule has 5 aliphatic rings. The fourth-order valence-electron chi connectivity index (χ4n) is 6.20. The lowest BCUT2D eigenvalue weighted by Gasteiger charge is -2.57. The summed E-state index contributed by atoms with van der Waals surface area (Å²) in [5.74, 6) is 3.01. The molecule has 5 rings (SSSR count). The van der Waals surface area contributed by atoms with E-state index in [1.807, 2.05) is 0 Å². The van der Waals surface area contributed by atoms with Gasteiger partial charge in [-0.15, -0.1) is 0 Å². The topological polar surface area (TPSA) is 39.1 Å². The third-order valence-corrected chi connectivity index (χ3v) is 6.53. The van der Waals surface area contributed by atoms with Crippen LogP contribution in [0.2, 0.25) is 0 Å². The Morgan fingerprint density at radius 3 is 2.10 bits per heavy atom. The summed E-state index contributed by atoms with van der Waals surface area (Å²) >= 11 is 0. The van der Waals surface area contributed by atoms with Crippen molar-refractivity contribution in [1.29, 1.82) is 5.26 Å². The van der Waals surface area contributed by atoms with Gasteiger partial charge in [0, 0.05) is 26.2 Å². The van der Waals surface area contributed by atoms with Crippen molar-refractivity contribution in [3.63, 3.8) is 0 Å². The van der Waals surface area contributed by atoms with Crippen LogP contribution in [-0.4, -0.2) is 37.1 Å². The van der Waals surface area contributed by atoms with Gasteiger partial charge >= 0.3 is 0 Å². The molecule has 1 saturated heterocycles. The Morgan fingerprint density at radius 2 is 1.60 bits per heavy atom. The molecule has 0 radical (unpaired) electrons. The second kappa shape index (κ2) is 5.00. The zero-order valence-corrected chi connectivity index (χ0v) is 12.5. The van der Waals surface area contributed by atoms with Gasteiger partial charge in [0.15, 0.2) is 0 Å². The first-order valence-electron chi connectivity index (χ1n) is 8.61. The third kappa shape index (κ3) is 2.27. The summed E-state index contributed by atoms with van der Waals surface area (Å²) in [6.07, 6.45) is 9.97. The van der Waals surface area contributed by atoms with E-state index in [9.17, 15) is 5.26 Å². The molecule has 1 unspecified atom stereocenters. The standard InChI is InChI=1S/C17H27N3/c18-12-16(20-3-1-19-2-4-20)11-17-8-13-5-14(9-17)7-15(6-13)10-17/h13-16,19H,1-11H2. The van der Waals surface area contributed by atoms with Gasteiger partial charge in [-0.3, -0.25) is 4.90 Å². The van der Waals surface area contributed by atoms with Crippen molar-refractivity contribution < 1.29 is 0 Å². The maximum Gasteiger partial charge on any atom is 0.0984 e. The van der Waals surface area contributed by atoms with E-state index in [0.717, 1.165) is 50.4 Å². The minimum Gasteiger partial charge on any atom is -0.314 e. The van der Waals surface area contributed by atoms with Gasteiger partial charge in [0.05, 0.1) is 12.1 Å². The lowest BCUT2D eigenvalue weighted by Crippen LogP contribution is -2.52. The molecule has 0 aromatic rings. The quantitative estimate of drug-likeness (QED) is 0.858. The maximum absolute atomic E-state index is 9.67. The van der Waals surface area contributed by atoms with Crippen LogP contribution in [0.1, 0.15) is 44.9 Å². The van der Waals surface area contributed by atoms with Gasteiger partial charge in [-0.25, -0.2) is 0 Å². The van der Waals surface area contributed by atoms with Gasteiger partial charge in [0.1, 0.15) is 0 Å². The van der Waals surface area contributed by atoms with Crippen LogP contribution in [0.5, 0.6) is 0 Å². The molecule has 1 N–H and O–H groups in total. The van der Waals surface area contributed by atoms with Gasteiger partial charge in [-0.2, -0.15) is 5.26 Å². The number of rotatable bonds is 3. The van der Waals surface area contributed by atoms with Crippen molar-refractivity contribution in [2.24, 2.45) is 23.2 Å². The van der Waals surface area contributed by atoms with Gasteiger partial charge in [-0.1, -0.05) is 0 Å². The number of hydrogen-bond acceptors (Lipinski definition) is 3. The molecule has 4 saturated carbocycles. The number of nitrogens with zero attached hydrogens (tertiary/aromatic N) is 2. The molecular formula is C17H27N3. The van der Waals surface area contributed by atoms with Crippen LogP contribution in [-0.2, 0) is 0 Å². The highest BCUT2D eigenvalue weighted by Gasteiger charge is 2.51. The minimum absolute atomic E-state index is 0.174. The normalized spacial score (nSPS) is 45.2. The molecule has 0 amide bonds. The van der Waals surface area contributed by atoms with Crippen LogP contribution in [0, 0.1) is 34.5 Å². The molecule has 0 aromatic heterocycles. The summed E-state index contributed by atoms with van der Waals surface area (Å²) in [4.78, 5) is 2.44. The van der Waals surface area contributed by atoms with Crippen molar-refractivity contribution in [2.45, 2.75) is 51.0 Å². The first-order valence-corrected chi connectivity index (χ1v) is 8.61. The van der Waals surface area contributed by atoms with Crippen molar-refractivity contribution >= 4 is 0 Å². The highest BCUT2D eigenvalue weighted by molar-refractivity contribution is 5.06. The molecule has 3 nitrogen and oxygen atoms in total. The van der Waals surface area contributed by atoms with Crippen LogP contribution < -0.4 is 5.32 Å². The molecule has 1 heterocycles. The predicted octanol–water partition coefficient (Wildman–Crippen LogP) is 2.39. The Balaban J connectivity index is 1.48. The Bertz CT molecular complexity index is 370. The van der Waals surface area contributed by atoms with E-state index in [1.54, 1.807) is 0 Å². The first-order chi connectivity index (χ1) is 9.76. The highest BCUT2D eigenvalue weighted by atomic mass is 15.2. The van der Waals surface area contributed by atoms with E-state index in [0.29, 0.717) is 5.41 Å². The number of nitriles is 1. The summed E-state index contributed by atoms with van der Waals surface area (Å²) in [6, 6.07) is 2.82. The van der Waals surface area contributed by atoms with Crippen LogP contribution in [0.15, 0.2) is 0 Å². The Hall–Kier alpha value is -0.590. The van der Waals surface area contributed by atoms with E-state index in [-0.39, 0.29) is 6.04 Å². The molecule has 1 atom stereocenters. The minimum atomic E-state index is 0.174. The smallest absolute Gasteiger partial charge is 0.0984 e. The summed E-state index contributed by atoms with van der Waals surface area (Å²) in [5, 5.41) is 13.1. The van der Waals surface area contributed by atoms with E-state index < -0.39 is 0 Å². The van der Waals surface area contributed by atoms with Crippen LogP contribution in [0.4, 0.5) is 0 Å². The van der Waals surface area contributed by atoms with Crippen molar-refractivity contribution in [1.82, 2.24) is 10.2 Å². The molecule has 110 valence electrons. The summed E-state index contributed by atoms with van der Waals surface area (Å²) < 4.78 is 0. The molecule has 20 heavy (non-hydrogen) atoms. The average Bonchev–Trinajstić information content (AvgIpc) is 2.44. The van der Waals surface area contributed by atoms with Crippen LogP contribution in [0.3, 0.4) is 0 Å². The lowest BCUT2D eigenvalue weighted by atomic mass is 9.48. The third-order valence-electron chi connectivity index (χ3n) is 6.53. The second-order valence-corrected chi connectivity index (χ2v) is 8.05. The molecule has 3 heteroatoms. The molecule has 0 spiro atoms. The Kier molecular flexibility index (Phi) is 3.27. The van der Waals surface area contributed by atoms with Gasteiger partial charge < -0.3 is 5.32 Å². The van der Waals surface area contributed by atoms with E-state index in [1.165, 1.54) is 38.5 Å². The van der Waals surface area contributed by atoms with Crippen molar-refractivity contribution in [2.75, 3.05) is 26.2 Å². The second-order valence-electron chi connectivity index (χ2n) is 8.05. The van der Waals surface area contributed by atoms with Gasteiger partial charge in [-0.05, 0) is 68.1 Å². The largest absolute Gasteiger partial charge is 0.314 e. The van der Waals surface area contributed by atoms with Gasteiger partial charge in [0.25, 0.3) is 0 Å². The summed E-state index contributed by atoms with van der Waals surface area (Å²) in [7, 11) is 0. The highest BCUT2D eigenvalue weighted by Crippen LogP contribution is 2.61. The molecule has 4 aliphatic carbocycles. The Labute approximate surface area is 122 Å². The van der Waals surface area contributed by atoms with Crippen LogP contribution >= 0.6 is 0 Å². The van der Waals surface area contributed by atoms with Crippen molar-refractivity contribution in [3.8, 4) is 6.07 Å². The fourth-order valence-corrected chi connectivity index (χ4v) is 6.20. The first kappa shape index (κ1) is 13.1. The SMILES string of the molecule is N#CC(CC12CC3CC(CC(C3)C1)C2)N1CCNCC1. The van der Waals surface area contributed by atoms with Gasteiger partial charge in [0.2, 0.25) is 0 Å². The average molecular weight is 273 g/mol. The zero-order valence-electron chi connectivity index (χ0n) is 12.5. The van der Waals surface area contributed by atoms with E-state index in [4.69, 9.17) is 0 Å². The number of nitrogens with one attached hydrogen (secondary N) is 1. The zero-order chi connectivity index (χ0) is 13.6. The lowest BCUT2D eigenvalue weighted by molar-refractivity contribution is -0.0661. The molecule has 5 fully saturated rings. The molecule has 1 aliphatic heterocycles. The molecule has 0 aromatic carbocycles. The Morgan fingerprint density at radius 1 is 1.05 bits per heavy atom. The molecular weight excluding hydrogens is 246 g/mol. The van der Waals surface area contributed by atoms with E-state index in [2.05, 4.69) is 16.3 Å². The van der Waals surface area contributed by atoms with E-state index >= 15 is 0 Å². The number of hydrogen-bond donors (Lipinski definition) is 1. The maximum atomic E-state index is 9.67. The summed E-state index contributed by atoms with van der Waals surface area (Å²) in [5.41, 5.74) is 0.542. The monoisotopic (exact) mass is 273 g/mol. The van der Waals surface area contributed by atoms with Crippen LogP contribution in [0.25, 0.3) is 0 Å².